The maximum atomic E-state index is 14.3. The van der Waals surface area contributed by atoms with E-state index in [1.54, 1.807) is 17.5 Å². The molecule has 1 aliphatic rings. The first-order valence-electron chi connectivity index (χ1n) is 8.73. The van der Waals surface area contributed by atoms with Crippen molar-refractivity contribution in [1.29, 1.82) is 0 Å². The van der Waals surface area contributed by atoms with Crippen LogP contribution in [0.2, 0.25) is 0 Å². The molecule has 4 rings (SSSR count). The number of alkyl halides is 3. The normalized spacial score (nSPS) is 14.5. The lowest BCUT2D eigenvalue weighted by Gasteiger charge is -2.16. The Morgan fingerprint density at radius 3 is 2.32 bits per heavy atom. The molecule has 0 atom stereocenters. The van der Waals surface area contributed by atoms with Crippen LogP contribution >= 0.6 is 11.3 Å². The van der Waals surface area contributed by atoms with Crippen molar-refractivity contribution >= 4 is 40.1 Å². The van der Waals surface area contributed by atoms with E-state index in [0.717, 1.165) is 41.7 Å². The highest BCUT2D eigenvalue weighted by Gasteiger charge is 2.42. The Hall–Kier alpha value is -3.53. The Morgan fingerprint density at radius 2 is 1.68 bits per heavy atom. The minimum Gasteiger partial charge on any atom is -0.350 e. The Morgan fingerprint density at radius 1 is 0.903 bits per heavy atom. The first kappa shape index (κ1) is 20.7. The lowest BCUT2D eigenvalue weighted by atomic mass is 10.1. The smallest absolute Gasteiger partial charge is 0.350 e. The van der Waals surface area contributed by atoms with Gasteiger partial charge in [-0.1, -0.05) is 12.1 Å². The summed E-state index contributed by atoms with van der Waals surface area (Å²) in [4.78, 5) is 27.0. The number of thiophene rings is 1. The van der Waals surface area contributed by atoms with Crippen LogP contribution in [0.1, 0.15) is 10.4 Å². The summed E-state index contributed by atoms with van der Waals surface area (Å²) in [5.74, 6) is -3.88. The Labute approximate surface area is 176 Å². The van der Waals surface area contributed by atoms with E-state index in [0.29, 0.717) is 15.8 Å². The summed E-state index contributed by atoms with van der Waals surface area (Å²) < 4.78 is 66.7. The van der Waals surface area contributed by atoms with Crippen LogP contribution in [-0.2, 0) is 15.8 Å². The molecule has 1 aromatic heterocycles. The predicted octanol–water partition coefficient (Wildman–Crippen LogP) is 5.44. The standard InChI is InChI=1S/C21H11F5N2O2S/c22-12-6-7-15(14(23)10-12)28-19(29)17(16-5-2-8-31-16)18(20(28)30)27-13-4-1-3-11(9-13)21(24,25)26/h1-10,27H. The topological polar surface area (TPSA) is 49.4 Å². The van der Waals surface area contributed by atoms with E-state index in [1.807, 2.05) is 0 Å². The van der Waals surface area contributed by atoms with Gasteiger partial charge in [0.15, 0.2) is 0 Å². The number of rotatable bonds is 4. The van der Waals surface area contributed by atoms with Crippen molar-refractivity contribution in [2.45, 2.75) is 6.18 Å². The van der Waals surface area contributed by atoms with Gasteiger partial charge in [-0.15, -0.1) is 11.3 Å². The second kappa shape index (κ2) is 7.62. The van der Waals surface area contributed by atoms with Gasteiger partial charge in [-0.05, 0) is 41.8 Å². The molecule has 2 amide bonds. The van der Waals surface area contributed by atoms with Crippen LogP contribution in [0.3, 0.4) is 0 Å². The van der Waals surface area contributed by atoms with E-state index in [2.05, 4.69) is 5.32 Å². The molecule has 1 N–H and O–H groups in total. The number of amides is 2. The van der Waals surface area contributed by atoms with Crippen LogP contribution in [-0.4, -0.2) is 11.8 Å². The van der Waals surface area contributed by atoms with Crippen LogP contribution in [0.5, 0.6) is 0 Å². The molecule has 2 aromatic carbocycles. The van der Waals surface area contributed by atoms with Crippen LogP contribution in [0.15, 0.2) is 65.7 Å². The van der Waals surface area contributed by atoms with E-state index in [9.17, 15) is 31.5 Å². The molecule has 0 bridgehead atoms. The zero-order valence-corrected chi connectivity index (χ0v) is 16.2. The van der Waals surface area contributed by atoms with Crippen molar-refractivity contribution in [3.05, 3.63) is 87.7 Å². The fourth-order valence-corrected chi connectivity index (χ4v) is 3.86. The minimum atomic E-state index is -4.61. The van der Waals surface area contributed by atoms with Crippen LogP contribution in [0.25, 0.3) is 5.57 Å². The first-order chi connectivity index (χ1) is 14.7. The number of anilines is 2. The quantitative estimate of drug-likeness (QED) is 0.425. The fraction of sp³-hybridized carbons (Fsp3) is 0.0476. The van der Waals surface area contributed by atoms with Crippen molar-refractivity contribution in [2.75, 3.05) is 10.2 Å². The lowest BCUT2D eigenvalue weighted by Crippen LogP contribution is -2.33. The van der Waals surface area contributed by atoms with Gasteiger partial charge in [0.25, 0.3) is 11.8 Å². The van der Waals surface area contributed by atoms with Crippen molar-refractivity contribution in [3.63, 3.8) is 0 Å². The van der Waals surface area contributed by atoms with Gasteiger partial charge in [0.05, 0.1) is 16.8 Å². The summed E-state index contributed by atoms with van der Waals surface area (Å²) in [5.41, 5.74) is -1.93. The van der Waals surface area contributed by atoms with Crippen LogP contribution in [0.4, 0.5) is 33.3 Å². The van der Waals surface area contributed by atoms with Gasteiger partial charge in [-0.25, -0.2) is 13.7 Å². The van der Waals surface area contributed by atoms with Gasteiger partial charge < -0.3 is 5.32 Å². The zero-order chi connectivity index (χ0) is 22.3. The molecule has 2 heterocycles. The maximum Gasteiger partial charge on any atom is 0.416 e. The second-order valence-electron chi connectivity index (χ2n) is 6.47. The van der Waals surface area contributed by atoms with Crippen molar-refractivity contribution in [2.24, 2.45) is 0 Å². The monoisotopic (exact) mass is 450 g/mol. The number of nitrogens with zero attached hydrogens (tertiary/aromatic N) is 1. The summed E-state index contributed by atoms with van der Waals surface area (Å²) in [7, 11) is 0. The number of hydrogen-bond acceptors (Lipinski definition) is 4. The Bertz CT molecular complexity index is 1220. The summed E-state index contributed by atoms with van der Waals surface area (Å²) in [6.45, 7) is 0. The largest absolute Gasteiger partial charge is 0.416 e. The zero-order valence-electron chi connectivity index (χ0n) is 15.3. The molecule has 3 aromatic rings. The van der Waals surface area contributed by atoms with Crippen molar-refractivity contribution < 1.29 is 31.5 Å². The van der Waals surface area contributed by atoms with Gasteiger partial charge in [0.2, 0.25) is 0 Å². The minimum absolute atomic E-state index is 0.0820. The van der Waals surface area contributed by atoms with Gasteiger partial charge in [-0.3, -0.25) is 9.59 Å². The molecule has 0 unspecified atom stereocenters. The van der Waals surface area contributed by atoms with Crippen molar-refractivity contribution in [3.8, 4) is 0 Å². The van der Waals surface area contributed by atoms with Gasteiger partial charge in [-0.2, -0.15) is 13.2 Å². The average Bonchev–Trinajstić information content (AvgIpc) is 3.30. The molecule has 0 radical (unpaired) electrons. The molecule has 0 spiro atoms. The van der Waals surface area contributed by atoms with Gasteiger partial charge >= 0.3 is 6.18 Å². The average molecular weight is 450 g/mol. The molecule has 158 valence electrons. The summed E-state index contributed by atoms with van der Waals surface area (Å²) in [6.07, 6.45) is -4.61. The molecule has 0 saturated heterocycles. The summed E-state index contributed by atoms with van der Waals surface area (Å²) in [6, 6.07) is 9.62. The third-order valence-electron chi connectivity index (χ3n) is 4.46. The maximum absolute atomic E-state index is 14.3. The molecule has 31 heavy (non-hydrogen) atoms. The fourth-order valence-electron chi connectivity index (χ4n) is 3.09. The van der Waals surface area contributed by atoms with E-state index in [-0.39, 0.29) is 17.0 Å². The molecular formula is C21H11F5N2O2S. The van der Waals surface area contributed by atoms with Crippen LogP contribution < -0.4 is 10.2 Å². The number of benzene rings is 2. The molecule has 1 aliphatic heterocycles. The highest BCUT2D eigenvalue weighted by Crippen LogP contribution is 2.37. The molecule has 10 heteroatoms. The third-order valence-corrected chi connectivity index (χ3v) is 5.35. The van der Waals surface area contributed by atoms with E-state index in [1.165, 1.54) is 6.07 Å². The van der Waals surface area contributed by atoms with E-state index in [4.69, 9.17) is 0 Å². The van der Waals surface area contributed by atoms with Gasteiger partial charge in [0, 0.05) is 16.6 Å². The second-order valence-corrected chi connectivity index (χ2v) is 7.42. The molecule has 0 saturated carbocycles. The summed E-state index contributed by atoms with van der Waals surface area (Å²) in [5, 5.41) is 4.22. The lowest BCUT2D eigenvalue weighted by molar-refractivity contribution is -0.137. The highest BCUT2D eigenvalue weighted by atomic mass is 32.1. The third kappa shape index (κ3) is 3.81. The summed E-state index contributed by atoms with van der Waals surface area (Å²) >= 11 is 1.12. The molecular weight excluding hydrogens is 439 g/mol. The SMILES string of the molecule is O=C1C(Nc2cccc(C(F)(F)F)c2)=C(c2cccs2)C(=O)N1c1ccc(F)cc1F. The number of nitrogens with one attached hydrogen (secondary N) is 1. The number of imide groups is 1. The Kier molecular flexibility index (Phi) is 5.10. The number of carbonyl (C=O) groups is 2. The Balaban J connectivity index is 1.80. The highest BCUT2D eigenvalue weighted by molar-refractivity contribution is 7.11. The van der Waals surface area contributed by atoms with E-state index >= 15 is 0 Å². The number of hydrogen-bond donors (Lipinski definition) is 1. The van der Waals surface area contributed by atoms with E-state index < -0.39 is 40.9 Å². The molecule has 4 nitrogen and oxygen atoms in total. The van der Waals surface area contributed by atoms with Crippen LogP contribution in [0, 0.1) is 11.6 Å². The molecule has 0 fully saturated rings. The van der Waals surface area contributed by atoms with Gasteiger partial charge in [0.1, 0.15) is 17.3 Å². The molecule has 0 aliphatic carbocycles. The number of halogens is 5. The predicted molar refractivity (Wildman–Crippen MR) is 105 cm³/mol. The van der Waals surface area contributed by atoms with Crippen molar-refractivity contribution in [1.82, 2.24) is 0 Å². The number of carbonyl (C=O) groups excluding carboxylic acids is 2. The first-order valence-corrected chi connectivity index (χ1v) is 9.61.